The Hall–Kier alpha value is -3.78. The lowest BCUT2D eigenvalue weighted by Crippen LogP contribution is -2.21. The van der Waals surface area contributed by atoms with Gasteiger partial charge in [0.1, 0.15) is 17.2 Å². The first kappa shape index (κ1) is 21.1. The summed E-state index contributed by atoms with van der Waals surface area (Å²) in [4.78, 5) is 4.83. The number of nitriles is 1. The molecule has 160 valence electrons. The van der Waals surface area contributed by atoms with Crippen LogP contribution in [0.2, 0.25) is 10.0 Å². The Morgan fingerprint density at radius 2 is 1.55 bits per heavy atom. The maximum absolute atomic E-state index is 9.80. The van der Waals surface area contributed by atoms with Gasteiger partial charge in [-0.25, -0.2) is 4.98 Å². The number of rotatable bonds is 3. The van der Waals surface area contributed by atoms with Gasteiger partial charge in [-0.2, -0.15) is 5.26 Å². The molecule has 33 heavy (non-hydrogen) atoms. The summed E-state index contributed by atoms with van der Waals surface area (Å²) in [6, 6.07) is 25.1. The van der Waals surface area contributed by atoms with E-state index in [1.165, 1.54) is 0 Å². The van der Waals surface area contributed by atoms with E-state index in [4.69, 9.17) is 38.7 Å². The van der Waals surface area contributed by atoms with E-state index in [1.54, 1.807) is 12.1 Å². The van der Waals surface area contributed by atoms with Gasteiger partial charge in [0.15, 0.2) is 5.75 Å². The molecule has 5 rings (SSSR count). The van der Waals surface area contributed by atoms with Crippen LogP contribution in [-0.4, -0.2) is 4.98 Å². The molecular formula is C27H17Cl2N3O. The molecule has 6 heteroatoms. The zero-order chi connectivity index (χ0) is 22.9. The minimum Gasteiger partial charge on any atom is -0.438 e. The molecule has 1 aliphatic heterocycles. The van der Waals surface area contributed by atoms with Crippen LogP contribution < -0.4 is 10.5 Å². The molecule has 0 radical (unpaired) electrons. The molecule has 0 bridgehead atoms. The van der Waals surface area contributed by atoms with Crippen LogP contribution in [0.1, 0.15) is 28.3 Å². The third kappa shape index (κ3) is 4.05. The Kier molecular flexibility index (Phi) is 5.51. The number of fused-ring (bicyclic) bond motifs is 3. The van der Waals surface area contributed by atoms with Crippen molar-refractivity contribution in [3.8, 4) is 11.8 Å². The van der Waals surface area contributed by atoms with E-state index in [9.17, 15) is 5.26 Å². The summed E-state index contributed by atoms with van der Waals surface area (Å²) in [5, 5.41) is 12.0. The van der Waals surface area contributed by atoms with Crippen molar-refractivity contribution >= 4 is 46.3 Å². The minimum absolute atomic E-state index is 0.0846. The summed E-state index contributed by atoms with van der Waals surface area (Å²) in [5.74, 6) is 0.280. The number of pyridine rings is 1. The van der Waals surface area contributed by atoms with Crippen molar-refractivity contribution in [1.29, 1.82) is 5.26 Å². The van der Waals surface area contributed by atoms with E-state index in [0.717, 1.165) is 27.8 Å². The molecule has 0 amide bonds. The van der Waals surface area contributed by atoms with Crippen LogP contribution in [0.4, 0.5) is 0 Å². The van der Waals surface area contributed by atoms with E-state index in [0.29, 0.717) is 26.9 Å². The van der Waals surface area contributed by atoms with Gasteiger partial charge in [0.2, 0.25) is 5.88 Å². The van der Waals surface area contributed by atoms with E-state index in [2.05, 4.69) is 6.07 Å². The van der Waals surface area contributed by atoms with E-state index in [-0.39, 0.29) is 11.8 Å². The zero-order valence-corrected chi connectivity index (χ0v) is 18.8. The van der Waals surface area contributed by atoms with Crippen LogP contribution in [0.3, 0.4) is 0 Å². The van der Waals surface area contributed by atoms with Gasteiger partial charge in [-0.1, -0.05) is 71.7 Å². The smallest absolute Gasteiger partial charge is 0.205 e. The van der Waals surface area contributed by atoms with Gasteiger partial charge >= 0.3 is 0 Å². The lowest BCUT2D eigenvalue weighted by Gasteiger charge is -2.27. The third-order valence-electron chi connectivity index (χ3n) is 5.59. The molecule has 2 heterocycles. The number of nitrogens with two attached hydrogens (primary N) is 1. The number of allylic oxidation sites excluding steroid dienone is 1. The molecule has 0 saturated carbocycles. The highest BCUT2D eigenvalue weighted by atomic mass is 35.5. The highest BCUT2D eigenvalue weighted by molar-refractivity contribution is 6.30. The second-order valence-corrected chi connectivity index (χ2v) is 8.53. The first-order valence-electron chi connectivity index (χ1n) is 10.2. The van der Waals surface area contributed by atoms with Crippen LogP contribution in [0, 0.1) is 11.3 Å². The first-order valence-corrected chi connectivity index (χ1v) is 11.0. The minimum atomic E-state index is -0.365. The molecule has 4 nitrogen and oxygen atoms in total. The SMILES string of the molecule is N#CC1=C(N)Oc2c(ccc3ccc(/C=C/c4ccc(Cl)cc4)nc23)C1c1ccc(Cl)cc1. The number of hydrogen-bond donors (Lipinski definition) is 1. The molecule has 1 aliphatic rings. The van der Waals surface area contributed by atoms with Crippen molar-refractivity contribution in [2.45, 2.75) is 5.92 Å². The molecule has 0 aliphatic carbocycles. The highest BCUT2D eigenvalue weighted by Crippen LogP contribution is 2.45. The average molecular weight is 470 g/mol. The van der Waals surface area contributed by atoms with Crippen LogP contribution in [0.15, 0.2) is 84.3 Å². The molecule has 0 saturated heterocycles. The monoisotopic (exact) mass is 469 g/mol. The number of hydrogen-bond acceptors (Lipinski definition) is 4. The highest BCUT2D eigenvalue weighted by Gasteiger charge is 2.32. The zero-order valence-electron chi connectivity index (χ0n) is 17.3. The van der Waals surface area contributed by atoms with Crippen LogP contribution >= 0.6 is 23.2 Å². The topological polar surface area (TPSA) is 71.9 Å². The van der Waals surface area contributed by atoms with Crippen molar-refractivity contribution in [3.63, 3.8) is 0 Å². The molecule has 1 aromatic heterocycles. The first-order chi connectivity index (χ1) is 16.0. The molecule has 2 N–H and O–H groups in total. The summed E-state index contributed by atoms with van der Waals surface area (Å²) >= 11 is 12.0. The Morgan fingerprint density at radius 1 is 0.879 bits per heavy atom. The lowest BCUT2D eigenvalue weighted by atomic mass is 9.83. The predicted octanol–water partition coefficient (Wildman–Crippen LogP) is 6.93. The van der Waals surface area contributed by atoms with Gasteiger partial charge in [-0.3, -0.25) is 0 Å². The third-order valence-corrected chi connectivity index (χ3v) is 6.09. The molecule has 0 spiro atoms. The fourth-order valence-corrected chi connectivity index (χ4v) is 4.21. The van der Waals surface area contributed by atoms with Crippen LogP contribution in [0.25, 0.3) is 23.1 Å². The summed E-state index contributed by atoms with van der Waals surface area (Å²) in [6.07, 6.45) is 3.90. The Bertz CT molecular complexity index is 1470. The van der Waals surface area contributed by atoms with Gasteiger partial charge in [-0.05, 0) is 47.5 Å². The Labute approximate surface area is 201 Å². The maximum Gasteiger partial charge on any atom is 0.205 e. The Balaban J connectivity index is 1.62. The quantitative estimate of drug-likeness (QED) is 0.352. The van der Waals surface area contributed by atoms with Crippen molar-refractivity contribution in [3.05, 3.63) is 117 Å². The van der Waals surface area contributed by atoms with E-state index >= 15 is 0 Å². The van der Waals surface area contributed by atoms with Crippen molar-refractivity contribution in [2.75, 3.05) is 0 Å². The standard InChI is InChI=1S/C27H17Cl2N3O/c28-19-8-1-16(2-9-19)3-12-21-13-6-18-7-14-22-24(17-4-10-20(29)11-5-17)23(15-30)27(31)33-26(22)25(18)32-21/h1-14,24H,31H2/b12-3+. The fraction of sp³-hybridized carbons (Fsp3) is 0.0370. The number of benzene rings is 3. The molecule has 1 atom stereocenters. The Morgan fingerprint density at radius 3 is 2.24 bits per heavy atom. The number of ether oxygens (including phenoxy) is 1. The largest absolute Gasteiger partial charge is 0.438 e. The lowest BCUT2D eigenvalue weighted by molar-refractivity contribution is 0.397. The van der Waals surface area contributed by atoms with Gasteiger partial charge in [0.25, 0.3) is 0 Å². The molecule has 0 fully saturated rings. The van der Waals surface area contributed by atoms with Crippen molar-refractivity contribution < 1.29 is 4.74 Å². The molecule has 1 unspecified atom stereocenters. The number of nitrogens with zero attached hydrogens (tertiary/aromatic N) is 2. The van der Waals surface area contributed by atoms with Gasteiger partial charge in [0, 0.05) is 21.0 Å². The average Bonchev–Trinajstić information content (AvgIpc) is 2.83. The second kappa shape index (κ2) is 8.63. The number of aromatic nitrogens is 1. The van der Waals surface area contributed by atoms with Gasteiger partial charge in [0.05, 0.1) is 11.6 Å². The maximum atomic E-state index is 9.80. The molecule has 4 aromatic rings. The van der Waals surface area contributed by atoms with Crippen LogP contribution in [0.5, 0.6) is 5.75 Å². The van der Waals surface area contributed by atoms with Gasteiger partial charge < -0.3 is 10.5 Å². The summed E-state index contributed by atoms with van der Waals surface area (Å²) in [7, 11) is 0. The number of halogens is 2. The van der Waals surface area contributed by atoms with E-state index in [1.807, 2.05) is 72.8 Å². The summed E-state index contributed by atoms with van der Waals surface area (Å²) < 4.78 is 5.96. The van der Waals surface area contributed by atoms with Crippen molar-refractivity contribution in [2.24, 2.45) is 5.73 Å². The molecule has 3 aromatic carbocycles. The fourth-order valence-electron chi connectivity index (χ4n) is 3.96. The summed E-state index contributed by atoms with van der Waals surface area (Å²) in [6.45, 7) is 0. The predicted molar refractivity (Wildman–Crippen MR) is 133 cm³/mol. The summed E-state index contributed by atoms with van der Waals surface area (Å²) in [5.41, 5.74) is 10.8. The van der Waals surface area contributed by atoms with Gasteiger partial charge in [-0.15, -0.1) is 0 Å². The van der Waals surface area contributed by atoms with Crippen LogP contribution in [-0.2, 0) is 0 Å². The normalized spacial score (nSPS) is 15.4. The van der Waals surface area contributed by atoms with Crippen molar-refractivity contribution in [1.82, 2.24) is 4.98 Å². The van der Waals surface area contributed by atoms with E-state index < -0.39 is 0 Å². The second-order valence-electron chi connectivity index (χ2n) is 7.65. The molecular weight excluding hydrogens is 453 g/mol.